The predicted octanol–water partition coefficient (Wildman–Crippen LogP) is 3.25. The standard InChI is InChI=1S/C16H26INO2/c1-18-12-6-7-14(18)15(16(19)20-2)13(9-12)10-4-3-5-11(17)8-10/h10-15H,3-9H2,1-2H3/t10?,11?,12-,13-,14?,15?/m1/s1. The minimum Gasteiger partial charge on any atom is -0.469 e. The van der Waals surface area contributed by atoms with Gasteiger partial charge < -0.3 is 4.74 Å². The van der Waals surface area contributed by atoms with Gasteiger partial charge in [0.25, 0.3) is 0 Å². The first-order valence-corrected chi connectivity index (χ1v) is 9.30. The Morgan fingerprint density at radius 3 is 2.70 bits per heavy atom. The lowest BCUT2D eigenvalue weighted by Gasteiger charge is -2.46. The lowest BCUT2D eigenvalue weighted by molar-refractivity contribution is -0.154. The fraction of sp³-hybridized carbons (Fsp3) is 0.938. The van der Waals surface area contributed by atoms with Gasteiger partial charge in [0.05, 0.1) is 13.0 Å². The zero-order valence-corrected chi connectivity index (χ0v) is 14.7. The summed E-state index contributed by atoms with van der Waals surface area (Å²) < 4.78 is 5.98. The molecule has 0 N–H and O–H groups in total. The van der Waals surface area contributed by atoms with Crippen molar-refractivity contribution in [2.75, 3.05) is 14.2 Å². The highest BCUT2D eigenvalue weighted by molar-refractivity contribution is 14.1. The average molecular weight is 391 g/mol. The van der Waals surface area contributed by atoms with Crippen molar-refractivity contribution in [3.05, 3.63) is 0 Å². The van der Waals surface area contributed by atoms with Gasteiger partial charge in [-0.25, -0.2) is 0 Å². The van der Waals surface area contributed by atoms with Crippen LogP contribution in [0.15, 0.2) is 0 Å². The third-order valence-corrected chi connectivity index (χ3v) is 7.18. The van der Waals surface area contributed by atoms with E-state index in [-0.39, 0.29) is 11.9 Å². The number of hydrogen-bond acceptors (Lipinski definition) is 3. The number of methoxy groups -OCH3 is 1. The monoisotopic (exact) mass is 391 g/mol. The molecule has 0 radical (unpaired) electrons. The fourth-order valence-corrected chi connectivity index (χ4v) is 6.11. The number of rotatable bonds is 2. The first-order valence-electron chi connectivity index (χ1n) is 8.05. The van der Waals surface area contributed by atoms with E-state index >= 15 is 0 Å². The van der Waals surface area contributed by atoms with E-state index in [0.29, 0.717) is 18.0 Å². The zero-order valence-electron chi connectivity index (χ0n) is 12.6. The summed E-state index contributed by atoms with van der Waals surface area (Å²) in [6.45, 7) is 0. The Kier molecular flexibility index (Phi) is 4.60. The van der Waals surface area contributed by atoms with Crippen LogP contribution >= 0.6 is 22.6 Å². The molecule has 114 valence electrons. The van der Waals surface area contributed by atoms with E-state index in [0.717, 1.165) is 9.84 Å². The van der Waals surface area contributed by atoms with Gasteiger partial charge in [-0.05, 0) is 51.0 Å². The Labute approximate surface area is 135 Å². The molecule has 4 heteroatoms. The number of ether oxygens (including phenoxy) is 1. The Balaban J connectivity index is 1.82. The molecular formula is C16H26INO2. The largest absolute Gasteiger partial charge is 0.469 e. The summed E-state index contributed by atoms with van der Waals surface area (Å²) in [6.07, 6.45) is 8.99. The van der Waals surface area contributed by atoms with Crippen molar-refractivity contribution in [3.8, 4) is 0 Å². The van der Waals surface area contributed by atoms with Crippen LogP contribution in [0.1, 0.15) is 44.9 Å². The van der Waals surface area contributed by atoms with Crippen LogP contribution in [-0.4, -0.2) is 41.0 Å². The Hall–Kier alpha value is 0.160. The van der Waals surface area contributed by atoms with Gasteiger partial charge in [0, 0.05) is 16.0 Å². The lowest BCUT2D eigenvalue weighted by Crippen LogP contribution is -2.52. The van der Waals surface area contributed by atoms with Gasteiger partial charge in [0.15, 0.2) is 0 Å². The second-order valence-electron chi connectivity index (χ2n) is 6.94. The van der Waals surface area contributed by atoms with E-state index in [2.05, 4.69) is 34.5 Å². The van der Waals surface area contributed by atoms with Crippen LogP contribution < -0.4 is 0 Å². The van der Waals surface area contributed by atoms with Crippen LogP contribution in [0.3, 0.4) is 0 Å². The van der Waals surface area contributed by atoms with Gasteiger partial charge in [0.2, 0.25) is 0 Å². The van der Waals surface area contributed by atoms with Crippen molar-refractivity contribution in [1.29, 1.82) is 0 Å². The second kappa shape index (κ2) is 6.11. The molecule has 1 aliphatic carbocycles. The van der Waals surface area contributed by atoms with E-state index < -0.39 is 0 Å². The number of carbonyl (C=O) groups excluding carboxylic acids is 1. The quantitative estimate of drug-likeness (QED) is 0.411. The van der Waals surface area contributed by atoms with Crippen LogP contribution in [-0.2, 0) is 9.53 Å². The number of esters is 1. The maximum absolute atomic E-state index is 12.4. The molecule has 2 aliphatic heterocycles. The molecule has 2 heterocycles. The summed E-state index contributed by atoms with van der Waals surface area (Å²) in [6, 6.07) is 1.14. The number of nitrogens with zero attached hydrogens (tertiary/aromatic N) is 1. The van der Waals surface area contributed by atoms with Gasteiger partial charge in [-0.2, -0.15) is 0 Å². The molecule has 2 saturated heterocycles. The molecule has 0 spiro atoms. The van der Waals surface area contributed by atoms with Crippen molar-refractivity contribution in [2.45, 2.75) is 61.0 Å². The maximum Gasteiger partial charge on any atom is 0.310 e. The summed E-state index contributed by atoms with van der Waals surface area (Å²) in [5.41, 5.74) is 0. The van der Waals surface area contributed by atoms with Gasteiger partial charge in [0.1, 0.15) is 0 Å². The highest BCUT2D eigenvalue weighted by atomic mass is 127. The number of carbonyl (C=O) groups is 1. The van der Waals surface area contributed by atoms with Crippen molar-refractivity contribution in [2.24, 2.45) is 17.8 Å². The second-order valence-corrected chi connectivity index (χ2v) is 8.70. The predicted molar refractivity (Wildman–Crippen MR) is 88.0 cm³/mol. The first kappa shape index (κ1) is 15.1. The van der Waals surface area contributed by atoms with Gasteiger partial charge in [-0.1, -0.05) is 35.4 Å². The number of piperidine rings is 1. The smallest absolute Gasteiger partial charge is 0.310 e. The molecule has 0 aromatic carbocycles. The van der Waals surface area contributed by atoms with Crippen LogP contribution in [0.25, 0.3) is 0 Å². The molecule has 3 aliphatic rings. The topological polar surface area (TPSA) is 29.5 Å². The van der Waals surface area contributed by atoms with Crippen LogP contribution in [0.2, 0.25) is 0 Å². The molecule has 1 saturated carbocycles. The maximum atomic E-state index is 12.4. The SMILES string of the molecule is COC(=O)C1C2CC[C@H](C[C@@H]1C1CCCC(I)C1)N2C. The molecule has 0 amide bonds. The van der Waals surface area contributed by atoms with Gasteiger partial charge in [-0.3, -0.25) is 9.69 Å². The first-order chi connectivity index (χ1) is 9.61. The molecule has 3 rings (SSSR count). The lowest BCUT2D eigenvalue weighted by atomic mass is 9.68. The van der Waals surface area contributed by atoms with E-state index in [4.69, 9.17) is 4.74 Å². The summed E-state index contributed by atoms with van der Waals surface area (Å²) in [7, 11) is 3.76. The van der Waals surface area contributed by atoms with E-state index in [9.17, 15) is 4.79 Å². The molecular weight excluding hydrogens is 365 g/mol. The summed E-state index contributed by atoms with van der Waals surface area (Å²) >= 11 is 2.61. The molecule has 3 nitrogen and oxygen atoms in total. The van der Waals surface area contributed by atoms with Gasteiger partial charge in [-0.15, -0.1) is 0 Å². The molecule has 2 bridgehead atoms. The molecule has 0 aromatic heterocycles. The third kappa shape index (κ3) is 2.62. The van der Waals surface area contributed by atoms with Crippen molar-refractivity contribution >= 4 is 28.6 Å². The summed E-state index contributed by atoms with van der Waals surface area (Å²) in [4.78, 5) is 14.8. The van der Waals surface area contributed by atoms with E-state index in [1.807, 2.05) is 0 Å². The number of alkyl halides is 1. The van der Waals surface area contributed by atoms with Crippen molar-refractivity contribution in [3.63, 3.8) is 0 Å². The minimum atomic E-state index is 0.0442. The highest BCUT2D eigenvalue weighted by Gasteiger charge is 2.51. The fourth-order valence-electron chi connectivity index (χ4n) is 5.01. The molecule has 20 heavy (non-hydrogen) atoms. The summed E-state index contributed by atoms with van der Waals surface area (Å²) in [5, 5.41) is 0. The number of hydrogen-bond donors (Lipinski definition) is 0. The van der Waals surface area contributed by atoms with E-state index in [1.54, 1.807) is 7.11 Å². The minimum absolute atomic E-state index is 0.0442. The summed E-state index contributed by atoms with van der Waals surface area (Å²) in [5.74, 6) is 1.47. The number of fused-ring (bicyclic) bond motifs is 2. The molecule has 6 atom stereocenters. The average Bonchev–Trinajstić information content (AvgIpc) is 2.69. The van der Waals surface area contributed by atoms with Crippen molar-refractivity contribution in [1.82, 2.24) is 4.90 Å². The normalized spacial score (nSPS) is 45.4. The van der Waals surface area contributed by atoms with Crippen LogP contribution in [0, 0.1) is 17.8 Å². The van der Waals surface area contributed by atoms with Crippen LogP contribution in [0.4, 0.5) is 0 Å². The zero-order chi connectivity index (χ0) is 14.3. The Bertz CT molecular complexity index is 375. The Morgan fingerprint density at radius 2 is 2.00 bits per heavy atom. The highest BCUT2D eigenvalue weighted by Crippen LogP contribution is 2.48. The Morgan fingerprint density at radius 1 is 1.20 bits per heavy atom. The number of halogens is 1. The third-order valence-electron chi connectivity index (χ3n) is 6.04. The molecule has 0 aromatic rings. The molecule has 4 unspecified atom stereocenters. The van der Waals surface area contributed by atoms with Crippen molar-refractivity contribution < 1.29 is 9.53 Å². The van der Waals surface area contributed by atoms with Gasteiger partial charge >= 0.3 is 5.97 Å². The van der Waals surface area contributed by atoms with E-state index in [1.165, 1.54) is 44.9 Å². The molecule has 3 fully saturated rings. The van der Waals surface area contributed by atoms with Crippen LogP contribution in [0.5, 0.6) is 0 Å².